The zero-order chi connectivity index (χ0) is 18.8. The summed E-state index contributed by atoms with van der Waals surface area (Å²) in [6.45, 7) is 4.11. The lowest BCUT2D eigenvalue weighted by atomic mass is 10.3. The fraction of sp³-hybridized carbons (Fsp3) is 0.353. The maximum Gasteiger partial charge on any atom is 0.231 e. The molecule has 0 unspecified atom stereocenters. The standard InChI is InChI=1S/C17H18BrN5O3S/c1-3-24-5-4-23-16-14(15(19-2)20-8-21-16)22-17(23)27-13-7-12-11(6-10(13)18)25-9-26-12/h6-8H,3-5,9H2,1-2H3,(H,19,20,21). The molecule has 3 aromatic rings. The zero-order valence-electron chi connectivity index (χ0n) is 14.9. The van der Waals surface area contributed by atoms with Gasteiger partial charge in [0.15, 0.2) is 33.6 Å². The number of nitrogens with zero attached hydrogens (tertiary/aromatic N) is 4. The highest BCUT2D eigenvalue weighted by atomic mass is 79.9. The van der Waals surface area contributed by atoms with Gasteiger partial charge < -0.3 is 24.1 Å². The molecule has 0 bridgehead atoms. The molecule has 0 aliphatic carbocycles. The highest BCUT2D eigenvalue weighted by Gasteiger charge is 2.21. The molecule has 2 aromatic heterocycles. The van der Waals surface area contributed by atoms with E-state index in [4.69, 9.17) is 19.2 Å². The quantitative estimate of drug-likeness (QED) is 0.545. The molecule has 1 aliphatic rings. The first-order valence-corrected chi connectivity index (χ1v) is 10.1. The fourth-order valence-corrected chi connectivity index (χ4v) is 4.26. The fourth-order valence-electron chi connectivity index (χ4n) is 2.75. The van der Waals surface area contributed by atoms with Crippen LogP contribution in [0.2, 0.25) is 0 Å². The van der Waals surface area contributed by atoms with Gasteiger partial charge in [0.05, 0.1) is 13.2 Å². The van der Waals surface area contributed by atoms with Crippen LogP contribution in [0.25, 0.3) is 11.2 Å². The van der Waals surface area contributed by atoms with E-state index in [-0.39, 0.29) is 6.79 Å². The van der Waals surface area contributed by atoms with Crippen molar-refractivity contribution < 1.29 is 14.2 Å². The van der Waals surface area contributed by atoms with Gasteiger partial charge in [0.25, 0.3) is 0 Å². The Morgan fingerprint density at radius 1 is 1.30 bits per heavy atom. The van der Waals surface area contributed by atoms with Gasteiger partial charge in [-0.05, 0) is 35.0 Å². The Kier molecular flexibility index (Phi) is 5.37. The Hall–Kier alpha value is -2.04. The first-order chi connectivity index (χ1) is 13.2. The smallest absolute Gasteiger partial charge is 0.231 e. The number of ether oxygens (including phenoxy) is 3. The molecular formula is C17H18BrN5O3S. The maximum atomic E-state index is 5.54. The van der Waals surface area contributed by atoms with Crippen LogP contribution in [0.15, 0.2) is 33.0 Å². The molecular weight excluding hydrogens is 434 g/mol. The van der Waals surface area contributed by atoms with Crippen LogP contribution < -0.4 is 14.8 Å². The highest BCUT2D eigenvalue weighted by Crippen LogP contribution is 2.43. The van der Waals surface area contributed by atoms with E-state index in [0.29, 0.717) is 25.6 Å². The van der Waals surface area contributed by atoms with Gasteiger partial charge in [-0.15, -0.1) is 0 Å². The summed E-state index contributed by atoms with van der Waals surface area (Å²) in [7, 11) is 1.82. The lowest BCUT2D eigenvalue weighted by Crippen LogP contribution is -2.08. The molecule has 1 N–H and O–H groups in total. The summed E-state index contributed by atoms with van der Waals surface area (Å²) >= 11 is 5.14. The molecule has 1 aliphatic heterocycles. The van der Waals surface area contributed by atoms with Gasteiger partial charge in [0.1, 0.15) is 6.33 Å². The van der Waals surface area contributed by atoms with E-state index in [1.54, 1.807) is 0 Å². The minimum absolute atomic E-state index is 0.240. The molecule has 0 atom stereocenters. The third kappa shape index (κ3) is 3.56. The molecule has 4 rings (SSSR count). The first kappa shape index (κ1) is 18.3. The van der Waals surface area contributed by atoms with Crippen LogP contribution >= 0.6 is 27.7 Å². The average molecular weight is 452 g/mol. The van der Waals surface area contributed by atoms with E-state index in [0.717, 1.165) is 37.2 Å². The van der Waals surface area contributed by atoms with Gasteiger partial charge in [-0.1, -0.05) is 11.8 Å². The lowest BCUT2D eigenvalue weighted by Gasteiger charge is -2.10. The van der Waals surface area contributed by atoms with Crippen molar-refractivity contribution in [2.24, 2.45) is 0 Å². The molecule has 1 aromatic carbocycles. The van der Waals surface area contributed by atoms with Crippen LogP contribution in [0.5, 0.6) is 11.5 Å². The molecule has 0 fully saturated rings. The second-order valence-corrected chi connectivity index (χ2v) is 7.49. The molecule has 3 heterocycles. The summed E-state index contributed by atoms with van der Waals surface area (Å²) in [6, 6.07) is 3.87. The number of hydrogen-bond donors (Lipinski definition) is 1. The number of nitrogens with one attached hydrogen (secondary N) is 1. The minimum atomic E-state index is 0.240. The van der Waals surface area contributed by atoms with Crippen molar-refractivity contribution in [3.63, 3.8) is 0 Å². The molecule has 0 amide bonds. The van der Waals surface area contributed by atoms with Crippen molar-refractivity contribution in [1.82, 2.24) is 19.5 Å². The van der Waals surface area contributed by atoms with Crippen LogP contribution in [0.1, 0.15) is 6.92 Å². The Bertz CT molecular complexity index is 981. The van der Waals surface area contributed by atoms with E-state index >= 15 is 0 Å². The van der Waals surface area contributed by atoms with Crippen molar-refractivity contribution in [3.8, 4) is 11.5 Å². The molecule has 10 heteroatoms. The molecule has 0 saturated heterocycles. The van der Waals surface area contributed by atoms with E-state index in [1.807, 2.05) is 26.1 Å². The van der Waals surface area contributed by atoms with Gasteiger partial charge in [-0.25, -0.2) is 15.0 Å². The third-order valence-electron chi connectivity index (χ3n) is 4.03. The number of halogens is 1. The van der Waals surface area contributed by atoms with Crippen LogP contribution in [-0.4, -0.2) is 46.6 Å². The predicted octanol–water partition coefficient (Wildman–Crippen LogP) is 3.55. The van der Waals surface area contributed by atoms with Crippen molar-refractivity contribution in [2.75, 3.05) is 32.4 Å². The highest BCUT2D eigenvalue weighted by molar-refractivity contribution is 9.10. The molecule has 142 valence electrons. The number of aromatic nitrogens is 4. The molecule has 0 spiro atoms. The van der Waals surface area contributed by atoms with Gasteiger partial charge in [0, 0.05) is 23.0 Å². The average Bonchev–Trinajstić information content (AvgIpc) is 3.26. The van der Waals surface area contributed by atoms with Crippen LogP contribution in [0.4, 0.5) is 5.82 Å². The van der Waals surface area contributed by atoms with Crippen LogP contribution in [0.3, 0.4) is 0 Å². The SMILES string of the molecule is CCOCCn1c(Sc2cc3c(cc2Br)OCO3)nc2c(NC)ncnc21. The van der Waals surface area contributed by atoms with Crippen LogP contribution in [-0.2, 0) is 11.3 Å². The van der Waals surface area contributed by atoms with Gasteiger partial charge in [-0.2, -0.15) is 0 Å². The number of anilines is 1. The number of imidazole rings is 1. The Morgan fingerprint density at radius 2 is 2.11 bits per heavy atom. The van der Waals surface area contributed by atoms with Crippen molar-refractivity contribution in [1.29, 1.82) is 0 Å². The molecule has 8 nitrogen and oxygen atoms in total. The normalized spacial score (nSPS) is 12.7. The lowest BCUT2D eigenvalue weighted by molar-refractivity contribution is 0.138. The summed E-state index contributed by atoms with van der Waals surface area (Å²) < 4.78 is 19.4. The maximum absolute atomic E-state index is 5.54. The van der Waals surface area contributed by atoms with Gasteiger partial charge in [-0.3, -0.25) is 0 Å². The topological polar surface area (TPSA) is 83.3 Å². The summed E-state index contributed by atoms with van der Waals surface area (Å²) in [6.07, 6.45) is 1.54. The van der Waals surface area contributed by atoms with Crippen molar-refractivity contribution >= 4 is 44.7 Å². The van der Waals surface area contributed by atoms with Crippen LogP contribution in [0, 0.1) is 0 Å². The van der Waals surface area contributed by atoms with Crippen molar-refractivity contribution in [3.05, 3.63) is 22.9 Å². The monoisotopic (exact) mass is 451 g/mol. The molecule has 0 radical (unpaired) electrons. The summed E-state index contributed by atoms with van der Waals surface area (Å²) in [5.74, 6) is 2.16. The minimum Gasteiger partial charge on any atom is -0.454 e. The third-order valence-corrected chi connectivity index (χ3v) is 6.00. The first-order valence-electron chi connectivity index (χ1n) is 8.45. The second-order valence-electron chi connectivity index (χ2n) is 5.63. The predicted molar refractivity (Wildman–Crippen MR) is 106 cm³/mol. The Morgan fingerprint density at radius 3 is 2.89 bits per heavy atom. The molecule has 27 heavy (non-hydrogen) atoms. The Labute approximate surface area is 168 Å². The van der Waals surface area contributed by atoms with E-state index in [2.05, 4.69) is 35.8 Å². The largest absolute Gasteiger partial charge is 0.454 e. The second kappa shape index (κ2) is 7.91. The van der Waals surface area contributed by atoms with E-state index < -0.39 is 0 Å². The number of rotatable bonds is 7. The van der Waals surface area contributed by atoms with Crippen molar-refractivity contribution in [2.45, 2.75) is 23.5 Å². The van der Waals surface area contributed by atoms with E-state index in [9.17, 15) is 0 Å². The Balaban J connectivity index is 1.75. The summed E-state index contributed by atoms with van der Waals surface area (Å²) in [5, 5.41) is 3.88. The van der Waals surface area contributed by atoms with Gasteiger partial charge in [0.2, 0.25) is 6.79 Å². The summed E-state index contributed by atoms with van der Waals surface area (Å²) in [5.41, 5.74) is 1.50. The van der Waals surface area contributed by atoms with E-state index in [1.165, 1.54) is 18.1 Å². The number of fused-ring (bicyclic) bond motifs is 2. The zero-order valence-corrected chi connectivity index (χ0v) is 17.3. The van der Waals surface area contributed by atoms with Gasteiger partial charge >= 0.3 is 0 Å². The molecule has 0 saturated carbocycles. The summed E-state index contributed by atoms with van der Waals surface area (Å²) in [4.78, 5) is 14.5. The number of benzene rings is 1. The number of hydrogen-bond acceptors (Lipinski definition) is 8.